The number of rotatable bonds is 12. The number of carbonyl (C=O) groups excluding carboxylic acids is 1. The van der Waals surface area contributed by atoms with Gasteiger partial charge in [-0.2, -0.15) is 0 Å². The van der Waals surface area contributed by atoms with E-state index in [-0.39, 0.29) is 46.1 Å². The van der Waals surface area contributed by atoms with E-state index in [1.807, 2.05) is 32.6 Å². The van der Waals surface area contributed by atoms with Crippen molar-refractivity contribution in [2.45, 2.75) is 174 Å². The summed E-state index contributed by atoms with van der Waals surface area (Å²) in [6, 6.07) is 4.08. The second kappa shape index (κ2) is 16.3. The van der Waals surface area contributed by atoms with E-state index in [9.17, 15) is 4.79 Å². The van der Waals surface area contributed by atoms with Gasteiger partial charge in [0.2, 0.25) is 0 Å². The van der Waals surface area contributed by atoms with Crippen molar-refractivity contribution in [1.82, 2.24) is 9.21 Å². The van der Waals surface area contributed by atoms with Crippen molar-refractivity contribution in [3.8, 4) is 0 Å². The van der Waals surface area contributed by atoms with Crippen LogP contribution in [0.25, 0.3) is 0 Å². The van der Waals surface area contributed by atoms with Gasteiger partial charge in [-0.25, -0.2) is 0 Å². The van der Waals surface area contributed by atoms with Crippen LogP contribution >= 0.6 is 0 Å². The molecule has 7 nitrogen and oxygen atoms in total. The van der Waals surface area contributed by atoms with Gasteiger partial charge >= 0.3 is 280 Å². The fourth-order valence-corrected chi connectivity index (χ4v) is 13.0. The predicted octanol–water partition coefficient (Wildman–Crippen LogP) is 9.80. The molecule has 0 radical (unpaired) electrons. The quantitative estimate of drug-likeness (QED) is 0.156. The number of benzene rings is 1. The van der Waals surface area contributed by atoms with Crippen LogP contribution in [0.4, 0.5) is 4.79 Å². The van der Waals surface area contributed by atoms with E-state index >= 15 is 8.42 Å². The molecule has 47 heavy (non-hydrogen) atoms. The number of hydrogen-bond donors (Lipinski definition) is 0. The molecule has 1 aliphatic heterocycles. The Morgan fingerprint density at radius 2 is 1.51 bits per heavy atom. The first-order chi connectivity index (χ1) is 21.7. The maximum atomic E-state index is 15.2. The van der Waals surface area contributed by atoms with Crippen molar-refractivity contribution in [3.05, 3.63) is 40.5 Å². The van der Waals surface area contributed by atoms with Crippen molar-refractivity contribution in [3.63, 3.8) is 0 Å². The third kappa shape index (κ3) is 9.17. The van der Waals surface area contributed by atoms with Gasteiger partial charge in [-0.3, -0.25) is 0 Å². The van der Waals surface area contributed by atoms with Crippen molar-refractivity contribution >= 4 is 34.5 Å². The van der Waals surface area contributed by atoms with E-state index in [0.717, 1.165) is 36.8 Å². The Bertz CT molecular complexity index is 1330. The fraction of sp³-hybridized carbons (Fsp3) is 0.763. The Labute approximate surface area is 292 Å². The molecule has 1 saturated carbocycles. The van der Waals surface area contributed by atoms with E-state index in [1.165, 1.54) is 11.1 Å². The van der Waals surface area contributed by atoms with Gasteiger partial charge in [0.1, 0.15) is 0 Å². The topological polar surface area (TPSA) is 76.2 Å². The van der Waals surface area contributed by atoms with Gasteiger partial charge in [0.25, 0.3) is 0 Å². The second-order valence-electron chi connectivity index (χ2n) is 16.5. The van der Waals surface area contributed by atoms with Crippen LogP contribution in [0.3, 0.4) is 0 Å². The number of hydrogen-bond acceptors (Lipinski definition) is 5. The summed E-state index contributed by atoms with van der Waals surface area (Å²) in [4.78, 5) is 22.7. The predicted molar refractivity (Wildman–Crippen MR) is 197 cm³/mol. The van der Waals surface area contributed by atoms with Crippen LogP contribution in [0, 0.1) is 5.92 Å². The normalized spacial score (nSPS) is 23.1. The van der Waals surface area contributed by atoms with Gasteiger partial charge in [0.15, 0.2) is 0 Å². The average Bonchev–Trinajstić information content (AvgIpc) is 3.40. The molecule has 1 amide bonds. The molecular formula is C38H66N2O5SSn. The van der Waals surface area contributed by atoms with Crippen molar-refractivity contribution in [2.75, 3.05) is 6.61 Å². The molecular weight excluding hydrogens is 715 g/mol. The van der Waals surface area contributed by atoms with Gasteiger partial charge in [0.05, 0.1) is 0 Å². The Morgan fingerprint density at radius 1 is 0.957 bits per heavy atom. The fourth-order valence-electron chi connectivity index (χ4n) is 7.22. The Hall–Kier alpha value is -1.10. The van der Waals surface area contributed by atoms with E-state index in [1.54, 1.807) is 4.31 Å². The molecule has 1 aromatic carbocycles. The molecule has 2 fully saturated rings. The minimum atomic E-state index is -3.92. The van der Waals surface area contributed by atoms with Crippen LogP contribution in [-0.4, -0.2) is 77.2 Å². The van der Waals surface area contributed by atoms with Gasteiger partial charge in [-0.1, -0.05) is 13.8 Å². The summed E-state index contributed by atoms with van der Waals surface area (Å²) in [6.07, 6.45) is 5.81. The average molecular weight is 782 g/mol. The Balaban J connectivity index is 2.16. The van der Waals surface area contributed by atoms with Gasteiger partial charge in [-0.05, 0) is 0 Å². The molecule has 9 heteroatoms. The molecule has 268 valence electrons. The van der Waals surface area contributed by atoms with Crippen LogP contribution in [0.15, 0.2) is 28.7 Å². The molecule has 0 bridgehead atoms. The Kier molecular flexibility index (Phi) is 14.0. The van der Waals surface area contributed by atoms with Gasteiger partial charge < -0.3 is 0 Å². The molecule has 1 saturated heterocycles. The third-order valence-electron chi connectivity index (χ3n) is 9.98. The summed E-state index contributed by atoms with van der Waals surface area (Å²) in [5.41, 5.74) is 4.16. The van der Waals surface area contributed by atoms with Gasteiger partial charge in [0, 0.05) is 0 Å². The first-order valence-corrected chi connectivity index (χ1v) is 29.9. The molecule has 1 heterocycles. The van der Waals surface area contributed by atoms with Crippen molar-refractivity contribution in [2.24, 2.45) is 5.92 Å². The number of carbonyl (C=O) groups is 1. The van der Waals surface area contributed by atoms with Crippen LogP contribution in [0.5, 0.6) is 0 Å². The molecule has 4 atom stereocenters. The first kappa shape index (κ1) is 40.3. The summed E-state index contributed by atoms with van der Waals surface area (Å²) >= 11 is -2.87. The summed E-state index contributed by atoms with van der Waals surface area (Å²) in [5.74, 6) is 0.311. The van der Waals surface area contributed by atoms with E-state index in [2.05, 4.69) is 81.5 Å². The zero-order valence-electron chi connectivity index (χ0n) is 32.0. The summed E-state index contributed by atoms with van der Waals surface area (Å²) < 4.78 is 44.8. The second-order valence-corrected chi connectivity index (χ2v) is 33.4. The molecule has 1 aliphatic carbocycles. The maximum absolute atomic E-state index is 15.2. The monoisotopic (exact) mass is 782 g/mol. The number of nitrogens with zero attached hydrogens (tertiary/aromatic N) is 2. The molecule has 0 spiro atoms. The van der Waals surface area contributed by atoms with Crippen molar-refractivity contribution < 1.29 is 22.7 Å². The first-order valence-electron chi connectivity index (χ1n) is 18.3. The molecule has 0 unspecified atom stereocenters. The molecule has 3 rings (SSSR count). The van der Waals surface area contributed by atoms with Crippen LogP contribution in [0.2, 0.25) is 14.8 Å². The summed E-state index contributed by atoms with van der Waals surface area (Å²) in [7, 11) is -3.92. The number of ether oxygens (including phenoxy) is 2. The van der Waals surface area contributed by atoms with E-state index in [0.29, 0.717) is 23.8 Å². The number of sulfonamides is 1. The molecule has 2 aliphatic rings. The summed E-state index contributed by atoms with van der Waals surface area (Å²) in [5, 5.41) is 0. The van der Waals surface area contributed by atoms with Gasteiger partial charge in [-0.15, -0.1) is 0 Å². The zero-order valence-corrected chi connectivity index (χ0v) is 35.7. The summed E-state index contributed by atoms with van der Waals surface area (Å²) in [6.45, 7) is 23.3. The van der Waals surface area contributed by atoms with Crippen LogP contribution in [-0.2, 0) is 19.5 Å². The van der Waals surface area contributed by atoms with Crippen LogP contribution < -0.4 is 0 Å². The van der Waals surface area contributed by atoms with Crippen molar-refractivity contribution in [1.29, 1.82) is 0 Å². The van der Waals surface area contributed by atoms with E-state index in [4.69, 9.17) is 9.47 Å². The van der Waals surface area contributed by atoms with E-state index < -0.39 is 34.6 Å². The SMILES string of the molecule is CC[C@@H]1CO[C@H]([C@@H]2CCCC/C2=C\[C@@H](OC(=O)N(C(C)C)C(C)C)[Sn]([CH3])([CH3])[CH3])N1S(=O)(=O)c1c(C(C)C)cc(C(C)C)cc1C(C)C. The minimum absolute atomic E-state index is 0.0334. The zero-order chi connectivity index (χ0) is 35.6. The third-order valence-corrected chi connectivity index (χ3v) is 17.7. The standard InChI is InChI=1S/C35H57N2O5S.3CH3.Sn/c1-12-29-21-42-34(30-16-14-13-15-27(30)17-18-41-35(38)36(25(8)9)26(10)11)37(29)43(39,40)33-31(23(4)5)19-28(22(2)3)20-32(33)24(6)7;;;;/h17-20,22-26,29-30,34H,12-16,21H2,1-11H3;3*1H3;/b27-17+;;;;/t29-,30-,34-;;;;/m1..../s1. The molecule has 1 aromatic rings. The van der Waals surface area contributed by atoms with Crippen LogP contribution in [0.1, 0.15) is 143 Å². The molecule has 0 N–H and O–H groups in total. The number of amides is 1. The Morgan fingerprint density at radius 3 is 1.96 bits per heavy atom. The molecule has 0 aromatic heterocycles.